The first-order valence-corrected chi connectivity index (χ1v) is 12.7. The topological polar surface area (TPSA) is 34.0 Å². The van der Waals surface area contributed by atoms with E-state index in [0.717, 1.165) is 67.5 Å². The molecular weight excluding hydrogens is 442 g/mol. The van der Waals surface area contributed by atoms with Gasteiger partial charge in [-0.1, -0.05) is 55.5 Å². The van der Waals surface area contributed by atoms with Gasteiger partial charge >= 0.3 is 0 Å². The molecule has 4 nitrogen and oxygen atoms in total. The Morgan fingerprint density at radius 3 is 2.00 bits per heavy atom. The van der Waals surface area contributed by atoms with E-state index in [-0.39, 0.29) is 17.6 Å². The lowest BCUT2D eigenvalue weighted by Crippen LogP contribution is -2.35. The van der Waals surface area contributed by atoms with Gasteiger partial charge < -0.3 is 4.90 Å². The zero-order valence-corrected chi connectivity index (χ0v) is 20.6. The summed E-state index contributed by atoms with van der Waals surface area (Å²) in [5.41, 5.74) is 4.20. The summed E-state index contributed by atoms with van der Waals surface area (Å²) < 4.78 is 29.0. The first-order chi connectivity index (χ1) is 17.2. The summed E-state index contributed by atoms with van der Waals surface area (Å²) in [4.78, 5) is 2.52. The van der Waals surface area contributed by atoms with Crippen LogP contribution in [0, 0.1) is 11.6 Å². The Bertz CT molecular complexity index is 1130. The third kappa shape index (κ3) is 6.12. The zero-order valence-electron chi connectivity index (χ0n) is 20.6. The number of likely N-dealkylation sites (tertiary alicyclic amines) is 1. The molecule has 0 N–H and O–H groups in total. The first-order valence-electron chi connectivity index (χ1n) is 12.7. The van der Waals surface area contributed by atoms with Crippen molar-refractivity contribution in [3.63, 3.8) is 0 Å². The van der Waals surface area contributed by atoms with Crippen LogP contribution in [0.4, 0.5) is 8.78 Å². The molecule has 0 spiro atoms. The smallest absolute Gasteiger partial charge is 0.123 e. The minimum Gasteiger partial charge on any atom is -0.303 e. The number of piperidine rings is 1. The van der Waals surface area contributed by atoms with Crippen molar-refractivity contribution in [2.75, 3.05) is 19.6 Å². The third-order valence-corrected chi connectivity index (χ3v) is 6.79. The second-order valence-corrected chi connectivity index (χ2v) is 8.89. The van der Waals surface area contributed by atoms with E-state index in [1.165, 1.54) is 24.3 Å². The van der Waals surface area contributed by atoms with Crippen molar-refractivity contribution in [2.24, 2.45) is 0 Å². The molecule has 0 amide bonds. The molecule has 3 aromatic carbocycles. The zero-order chi connectivity index (χ0) is 24.6. The van der Waals surface area contributed by atoms with Crippen LogP contribution in [-0.4, -0.2) is 39.5 Å². The number of aromatic nitrogens is 3. The highest BCUT2D eigenvalue weighted by molar-refractivity contribution is 5.73. The molecule has 0 saturated carbocycles. The SMILES string of the molecule is CC.Fc1ccc(C(CCCN2CCC(n3nnc4ccccc43)CC2)c2ccc(F)cc2)cc1. The summed E-state index contributed by atoms with van der Waals surface area (Å²) >= 11 is 0. The molecule has 2 heterocycles. The molecule has 184 valence electrons. The lowest BCUT2D eigenvalue weighted by atomic mass is 9.87. The average Bonchev–Trinajstić information content (AvgIpc) is 3.34. The summed E-state index contributed by atoms with van der Waals surface area (Å²) in [5, 5.41) is 8.71. The molecule has 4 aromatic rings. The lowest BCUT2D eigenvalue weighted by Gasteiger charge is -2.32. The second kappa shape index (κ2) is 12.0. The Labute approximate surface area is 206 Å². The minimum atomic E-state index is -0.236. The Balaban J connectivity index is 0.00000141. The van der Waals surface area contributed by atoms with Gasteiger partial charge in [-0.15, -0.1) is 5.10 Å². The van der Waals surface area contributed by atoms with Crippen molar-refractivity contribution in [2.45, 2.75) is 51.5 Å². The molecule has 1 aliphatic rings. The van der Waals surface area contributed by atoms with Gasteiger partial charge in [0.05, 0.1) is 11.6 Å². The van der Waals surface area contributed by atoms with Crippen LogP contribution < -0.4 is 0 Å². The van der Waals surface area contributed by atoms with Crippen molar-refractivity contribution in [3.05, 3.63) is 95.6 Å². The fourth-order valence-corrected chi connectivity index (χ4v) is 4.98. The van der Waals surface area contributed by atoms with E-state index in [0.29, 0.717) is 6.04 Å². The molecule has 0 aliphatic carbocycles. The maximum absolute atomic E-state index is 13.5. The first kappa shape index (κ1) is 25.0. The number of rotatable bonds is 7. The predicted octanol–water partition coefficient (Wildman–Crippen LogP) is 6.98. The highest BCUT2D eigenvalue weighted by atomic mass is 19.1. The van der Waals surface area contributed by atoms with Crippen molar-refractivity contribution in [1.82, 2.24) is 19.9 Å². The molecule has 0 unspecified atom stereocenters. The van der Waals surface area contributed by atoms with Gasteiger partial charge in [0.25, 0.3) is 0 Å². The van der Waals surface area contributed by atoms with E-state index in [4.69, 9.17) is 0 Å². The van der Waals surface area contributed by atoms with E-state index >= 15 is 0 Å². The largest absolute Gasteiger partial charge is 0.303 e. The summed E-state index contributed by atoms with van der Waals surface area (Å²) in [7, 11) is 0. The van der Waals surface area contributed by atoms with E-state index in [2.05, 4.69) is 26.0 Å². The number of benzene rings is 3. The van der Waals surface area contributed by atoms with Gasteiger partial charge in [-0.05, 0) is 79.8 Å². The predicted molar refractivity (Wildman–Crippen MR) is 137 cm³/mol. The number of halogens is 2. The molecule has 35 heavy (non-hydrogen) atoms. The quantitative estimate of drug-likeness (QED) is 0.288. The van der Waals surface area contributed by atoms with Crippen LogP contribution in [0.25, 0.3) is 11.0 Å². The summed E-state index contributed by atoms with van der Waals surface area (Å²) in [6, 6.07) is 21.9. The van der Waals surface area contributed by atoms with E-state index in [9.17, 15) is 8.78 Å². The molecule has 1 aromatic heterocycles. The minimum absolute atomic E-state index is 0.130. The maximum atomic E-state index is 13.5. The van der Waals surface area contributed by atoms with Crippen LogP contribution in [0.5, 0.6) is 0 Å². The van der Waals surface area contributed by atoms with Crippen molar-refractivity contribution >= 4 is 11.0 Å². The fourth-order valence-electron chi connectivity index (χ4n) is 4.98. The lowest BCUT2D eigenvalue weighted by molar-refractivity contribution is 0.178. The molecule has 5 rings (SSSR count). The molecule has 0 bridgehead atoms. The van der Waals surface area contributed by atoms with Crippen LogP contribution in [0.1, 0.15) is 62.6 Å². The summed E-state index contributed by atoms with van der Waals surface area (Å²) in [6.45, 7) is 7.09. The van der Waals surface area contributed by atoms with Gasteiger partial charge in [0.15, 0.2) is 0 Å². The number of hydrogen-bond donors (Lipinski definition) is 0. The Morgan fingerprint density at radius 1 is 0.829 bits per heavy atom. The van der Waals surface area contributed by atoms with E-state index in [1.807, 2.05) is 56.3 Å². The normalized spacial score (nSPS) is 14.8. The number of para-hydroxylation sites is 1. The fraction of sp³-hybridized carbons (Fsp3) is 0.379. The van der Waals surface area contributed by atoms with E-state index < -0.39 is 0 Å². The molecule has 0 radical (unpaired) electrons. The van der Waals surface area contributed by atoms with Gasteiger partial charge in [0, 0.05) is 19.0 Å². The van der Waals surface area contributed by atoms with Gasteiger partial charge in [0.2, 0.25) is 0 Å². The van der Waals surface area contributed by atoms with Gasteiger partial charge in [-0.2, -0.15) is 0 Å². The standard InChI is InChI=1S/C27H28F2N4.C2H6/c28-22-11-7-20(8-12-22)25(21-9-13-23(29)14-10-21)4-3-17-32-18-15-24(16-19-32)33-27-6-2-1-5-26(27)30-31-33;1-2/h1-2,5-14,24-25H,3-4,15-19H2;1-2H3. The van der Waals surface area contributed by atoms with Gasteiger partial charge in [-0.3, -0.25) is 0 Å². The monoisotopic (exact) mass is 476 g/mol. The molecule has 1 aliphatic heterocycles. The number of hydrogen-bond acceptors (Lipinski definition) is 3. The maximum Gasteiger partial charge on any atom is 0.123 e. The molecular formula is C29H34F2N4. The summed E-state index contributed by atoms with van der Waals surface area (Å²) in [5.74, 6) is -0.343. The van der Waals surface area contributed by atoms with Gasteiger partial charge in [0.1, 0.15) is 17.2 Å². The molecule has 6 heteroatoms. The summed E-state index contributed by atoms with van der Waals surface area (Å²) in [6.07, 6.45) is 4.08. The number of fused-ring (bicyclic) bond motifs is 1. The van der Waals surface area contributed by atoms with Crippen LogP contribution >= 0.6 is 0 Å². The molecule has 1 fully saturated rings. The highest BCUT2D eigenvalue weighted by Gasteiger charge is 2.23. The number of nitrogens with zero attached hydrogens (tertiary/aromatic N) is 4. The van der Waals surface area contributed by atoms with E-state index in [1.54, 1.807) is 0 Å². The van der Waals surface area contributed by atoms with Crippen molar-refractivity contribution < 1.29 is 8.78 Å². The Kier molecular flexibility index (Phi) is 8.59. The van der Waals surface area contributed by atoms with Crippen molar-refractivity contribution in [3.8, 4) is 0 Å². The van der Waals surface area contributed by atoms with Crippen LogP contribution in [0.3, 0.4) is 0 Å². The highest BCUT2D eigenvalue weighted by Crippen LogP contribution is 2.31. The molecule has 0 atom stereocenters. The average molecular weight is 477 g/mol. The van der Waals surface area contributed by atoms with Crippen molar-refractivity contribution in [1.29, 1.82) is 0 Å². The Morgan fingerprint density at radius 2 is 1.40 bits per heavy atom. The molecule has 1 saturated heterocycles. The van der Waals surface area contributed by atoms with Gasteiger partial charge in [-0.25, -0.2) is 13.5 Å². The van der Waals surface area contributed by atoms with Crippen LogP contribution in [-0.2, 0) is 0 Å². The third-order valence-electron chi connectivity index (χ3n) is 6.79. The van der Waals surface area contributed by atoms with Crippen LogP contribution in [0.15, 0.2) is 72.8 Å². The second-order valence-electron chi connectivity index (χ2n) is 8.89. The van der Waals surface area contributed by atoms with Crippen LogP contribution in [0.2, 0.25) is 0 Å². The Hall–Kier alpha value is -3.12.